The number of benzene rings is 1. The first-order valence-electron chi connectivity index (χ1n) is 6.62. The van der Waals surface area contributed by atoms with E-state index < -0.39 is 0 Å². The molecule has 18 heavy (non-hydrogen) atoms. The van der Waals surface area contributed by atoms with Crippen LogP contribution in [0.25, 0.3) is 10.9 Å². The molecule has 2 aromatic rings. The number of para-hydroxylation sites is 1. The van der Waals surface area contributed by atoms with E-state index in [9.17, 15) is 0 Å². The van der Waals surface area contributed by atoms with Crippen LogP contribution in [0.2, 0.25) is 0 Å². The standard InChI is InChI=1S/C15H19N3/c1-11-10-13(16)8-9-18(11)15-7-6-12-4-2-3-5-14(12)17-15/h2-7,11,13H,8-10,16H2,1H3/t11-,13+/m0/s1. The number of aromatic nitrogens is 1. The molecule has 0 radical (unpaired) electrons. The van der Waals surface area contributed by atoms with Crippen LogP contribution in [0.1, 0.15) is 19.8 Å². The lowest BCUT2D eigenvalue weighted by atomic mass is 9.99. The lowest BCUT2D eigenvalue weighted by Gasteiger charge is -2.37. The largest absolute Gasteiger partial charge is 0.354 e. The van der Waals surface area contributed by atoms with Crippen LogP contribution < -0.4 is 10.6 Å². The number of rotatable bonds is 1. The molecule has 2 heterocycles. The van der Waals surface area contributed by atoms with Crippen molar-refractivity contribution in [2.75, 3.05) is 11.4 Å². The van der Waals surface area contributed by atoms with Gasteiger partial charge in [0.05, 0.1) is 5.52 Å². The minimum Gasteiger partial charge on any atom is -0.354 e. The van der Waals surface area contributed by atoms with Crippen LogP contribution in [0.15, 0.2) is 36.4 Å². The quantitative estimate of drug-likeness (QED) is 0.834. The summed E-state index contributed by atoms with van der Waals surface area (Å²) in [5.41, 5.74) is 7.08. The molecule has 0 unspecified atom stereocenters. The smallest absolute Gasteiger partial charge is 0.129 e. The van der Waals surface area contributed by atoms with Crippen molar-refractivity contribution in [1.82, 2.24) is 4.98 Å². The van der Waals surface area contributed by atoms with Gasteiger partial charge >= 0.3 is 0 Å². The lowest BCUT2D eigenvalue weighted by Crippen LogP contribution is -2.45. The Morgan fingerprint density at radius 1 is 1.22 bits per heavy atom. The van der Waals surface area contributed by atoms with Crippen molar-refractivity contribution in [1.29, 1.82) is 0 Å². The van der Waals surface area contributed by atoms with Crippen LogP contribution in [0.3, 0.4) is 0 Å². The first-order chi connectivity index (χ1) is 8.74. The third-order valence-corrected chi connectivity index (χ3v) is 3.79. The molecule has 0 amide bonds. The Bertz CT molecular complexity index is 552. The van der Waals surface area contributed by atoms with Gasteiger partial charge in [-0.05, 0) is 38.0 Å². The molecule has 0 aliphatic carbocycles. The molecule has 0 spiro atoms. The normalized spacial score (nSPS) is 24.4. The molecule has 0 bridgehead atoms. The van der Waals surface area contributed by atoms with Crippen LogP contribution in [0.4, 0.5) is 5.82 Å². The maximum atomic E-state index is 6.01. The van der Waals surface area contributed by atoms with E-state index in [-0.39, 0.29) is 0 Å². The van der Waals surface area contributed by atoms with E-state index in [1.807, 2.05) is 12.1 Å². The van der Waals surface area contributed by atoms with E-state index in [0.717, 1.165) is 30.7 Å². The fourth-order valence-corrected chi connectivity index (χ4v) is 2.76. The Hall–Kier alpha value is -1.61. The van der Waals surface area contributed by atoms with Crippen LogP contribution in [-0.4, -0.2) is 23.6 Å². The van der Waals surface area contributed by atoms with Crippen LogP contribution in [-0.2, 0) is 0 Å². The van der Waals surface area contributed by atoms with Gasteiger partial charge in [0.1, 0.15) is 5.82 Å². The maximum absolute atomic E-state index is 6.01. The number of pyridine rings is 1. The van der Waals surface area contributed by atoms with Crippen molar-refractivity contribution in [2.45, 2.75) is 31.8 Å². The zero-order valence-electron chi connectivity index (χ0n) is 10.7. The maximum Gasteiger partial charge on any atom is 0.129 e. The summed E-state index contributed by atoms with van der Waals surface area (Å²) in [4.78, 5) is 7.13. The molecular weight excluding hydrogens is 222 g/mol. The van der Waals surface area contributed by atoms with Gasteiger partial charge < -0.3 is 10.6 Å². The number of hydrogen-bond donors (Lipinski definition) is 1. The van der Waals surface area contributed by atoms with E-state index in [4.69, 9.17) is 10.7 Å². The van der Waals surface area contributed by atoms with Gasteiger partial charge in [0, 0.05) is 24.0 Å². The second-order valence-corrected chi connectivity index (χ2v) is 5.19. The van der Waals surface area contributed by atoms with Crippen LogP contribution in [0, 0.1) is 0 Å². The molecule has 1 fully saturated rings. The average Bonchev–Trinajstić information content (AvgIpc) is 2.38. The van der Waals surface area contributed by atoms with E-state index in [1.54, 1.807) is 0 Å². The summed E-state index contributed by atoms with van der Waals surface area (Å²) in [5, 5.41) is 1.20. The molecule has 1 aliphatic rings. The van der Waals surface area contributed by atoms with Crippen LogP contribution >= 0.6 is 0 Å². The molecule has 0 saturated carbocycles. The zero-order valence-corrected chi connectivity index (χ0v) is 10.7. The van der Waals surface area contributed by atoms with Gasteiger partial charge in [-0.2, -0.15) is 0 Å². The second-order valence-electron chi connectivity index (χ2n) is 5.19. The molecule has 1 saturated heterocycles. The van der Waals surface area contributed by atoms with Crippen molar-refractivity contribution in [3.63, 3.8) is 0 Å². The van der Waals surface area contributed by atoms with Gasteiger partial charge in [-0.3, -0.25) is 0 Å². The number of anilines is 1. The van der Waals surface area contributed by atoms with Gasteiger partial charge in [0.2, 0.25) is 0 Å². The molecule has 1 aromatic heterocycles. The zero-order chi connectivity index (χ0) is 12.5. The highest BCUT2D eigenvalue weighted by molar-refractivity contribution is 5.80. The second kappa shape index (κ2) is 4.58. The Balaban J connectivity index is 1.94. The molecule has 94 valence electrons. The van der Waals surface area contributed by atoms with Crippen molar-refractivity contribution in [2.24, 2.45) is 5.73 Å². The van der Waals surface area contributed by atoms with Gasteiger partial charge in [0.25, 0.3) is 0 Å². The summed E-state index contributed by atoms with van der Waals surface area (Å²) in [6.45, 7) is 3.24. The number of fused-ring (bicyclic) bond motifs is 1. The Morgan fingerprint density at radius 2 is 2.06 bits per heavy atom. The summed E-state index contributed by atoms with van der Waals surface area (Å²) < 4.78 is 0. The van der Waals surface area contributed by atoms with Crippen molar-refractivity contribution < 1.29 is 0 Å². The van der Waals surface area contributed by atoms with E-state index in [2.05, 4.69) is 36.1 Å². The molecular formula is C15H19N3. The van der Waals surface area contributed by atoms with E-state index in [1.165, 1.54) is 5.39 Å². The number of nitrogens with zero attached hydrogens (tertiary/aromatic N) is 2. The van der Waals surface area contributed by atoms with Crippen molar-refractivity contribution in [3.05, 3.63) is 36.4 Å². The van der Waals surface area contributed by atoms with Gasteiger partial charge in [-0.1, -0.05) is 18.2 Å². The number of nitrogens with two attached hydrogens (primary N) is 1. The molecule has 1 aromatic carbocycles. The fraction of sp³-hybridized carbons (Fsp3) is 0.400. The fourth-order valence-electron chi connectivity index (χ4n) is 2.76. The van der Waals surface area contributed by atoms with Gasteiger partial charge in [0.15, 0.2) is 0 Å². The minimum absolute atomic E-state index is 0.344. The summed E-state index contributed by atoms with van der Waals surface area (Å²) in [7, 11) is 0. The topological polar surface area (TPSA) is 42.1 Å². The number of hydrogen-bond acceptors (Lipinski definition) is 3. The minimum atomic E-state index is 0.344. The predicted octanol–water partition coefficient (Wildman–Crippen LogP) is 2.55. The van der Waals surface area contributed by atoms with Gasteiger partial charge in [-0.15, -0.1) is 0 Å². The van der Waals surface area contributed by atoms with Gasteiger partial charge in [-0.25, -0.2) is 4.98 Å². The summed E-state index contributed by atoms with van der Waals surface area (Å²) in [6.07, 6.45) is 2.10. The van der Waals surface area contributed by atoms with Crippen LogP contribution in [0.5, 0.6) is 0 Å². The molecule has 3 rings (SSSR count). The predicted molar refractivity (Wildman–Crippen MR) is 75.8 cm³/mol. The SMILES string of the molecule is C[C@H]1C[C@H](N)CCN1c1ccc2ccccc2n1. The van der Waals surface area contributed by atoms with Crippen molar-refractivity contribution in [3.8, 4) is 0 Å². The lowest BCUT2D eigenvalue weighted by molar-refractivity contribution is 0.427. The Morgan fingerprint density at radius 3 is 2.89 bits per heavy atom. The Labute approximate surface area is 108 Å². The molecule has 3 nitrogen and oxygen atoms in total. The monoisotopic (exact) mass is 241 g/mol. The summed E-state index contributed by atoms with van der Waals surface area (Å²) in [6, 6.07) is 13.3. The Kier molecular flexibility index (Phi) is 2.92. The molecule has 1 aliphatic heterocycles. The highest BCUT2D eigenvalue weighted by atomic mass is 15.2. The highest BCUT2D eigenvalue weighted by Gasteiger charge is 2.24. The number of piperidine rings is 1. The first-order valence-corrected chi connectivity index (χ1v) is 6.62. The third-order valence-electron chi connectivity index (χ3n) is 3.79. The summed E-state index contributed by atoms with van der Waals surface area (Å²) in [5.74, 6) is 1.08. The third kappa shape index (κ3) is 2.06. The van der Waals surface area contributed by atoms with Crippen molar-refractivity contribution >= 4 is 16.7 Å². The molecule has 2 N–H and O–H groups in total. The highest BCUT2D eigenvalue weighted by Crippen LogP contribution is 2.24. The molecule has 3 heteroatoms. The average molecular weight is 241 g/mol. The van der Waals surface area contributed by atoms with E-state index in [0.29, 0.717) is 12.1 Å². The van der Waals surface area contributed by atoms with E-state index >= 15 is 0 Å². The first kappa shape index (κ1) is 11.5. The molecule has 2 atom stereocenters. The summed E-state index contributed by atoms with van der Waals surface area (Å²) >= 11 is 0.